The Morgan fingerprint density at radius 1 is 1.38 bits per heavy atom. The van der Waals surface area contributed by atoms with Crippen molar-refractivity contribution in [1.29, 1.82) is 0 Å². The van der Waals surface area contributed by atoms with Gasteiger partial charge in [0, 0.05) is 6.07 Å². The van der Waals surface area contributed by atoms with Crippen LogP contribution in [0.2, 0.25) is 0 Å². The van der Waals surface area contributed by atoms with Gasteiger partial charge >= 0.3 is 5.69 Å². The zero-order valence-electron chi connectivity index (χ0n) is 8.50. The lowest BCUT2D eigenvalue weighted by Crippen LogP contribution is -2.13. The lowest BCUT2D eigenvalue weighted by atomic mass is 10.2. The molecule has 1 aromatic rings. The zero-order valence-corrected chi connectivity index (χ0v) is 8.50. The Labute approximate surface area is 90.0 Å². The number of nitro benzene ring substituents is 1. The van der Waals surface area contributed by atoms with E-state index in [9.17, 15) is 18.9 Å². The molecule has 0 spiro atoms. The van der Waals surface area contributed by atoms with Crippen molar-refractivity contribution in [2.45, 2.75) is 25.4 Å². The summed E-state index contributed by atoms with van der Waals surface area (Å²) < 4.78 is 31.1. The number of ether oxygens (including phenoxy) is 1. The van der Waals surface area contributed by atoms with Gasteiger partial charge in [-0.25, -0.2) is 8.78 Å². The minimum atomic E-state index is -1.25. The number of benzene rings is 1. The van der Waals surface area contributed by atoms with E-state index < -0.39 is 27.8 Å². The number of halogens is 2. The second-order valence-electron chi connectivity index (χ2n) is 4.04. The Hall–Kier alpha value is -1.72. The smallest absolute Gasteiger partial charge is 0.314 e. The molecule has 2 rings (SSSR count). The third-order valence-corrected chi connectivity index (χ3v) is 2.51. The van der Waals surface area contributed by atoms with Crippen LogP contribution in [0.1, 0.15) is 19.8 Å². The quantitative estimate of drug-likeness (QED) is 0.591. The van der Waals surface area contributed by atoms with Crippen LogP contribution in [0.15, 0.2) is 12.1 Å². The topological polar surface area (TPSA) is 52.4 Å². The normalized spacial score (nSPS) is 16.9. The molecule has 6 heteroatoms. The molecule has 0 atom stereocenters. The largest absolute Gasteiger partial charge is 0.480 e. The Morgan fingerprint density at radius 2 is 1.94 bits per heavy atom. The molecule has 0 radical (unpaired) electrons. The highest BCUT2D eigenvalue weighted by molar-refractivity contribution is 5.47. The average molecular weight is 229 g/mol. The molecule has 0 saturated heterocycles. The second-order valence-corrected chi connectivity index (χ2v) is 4.04. The molecule has 1 fully saturated rings. The van der Waals surface area contributed by atoms with Crippen LogP contribution in [-0.4, -0.2) is 10.5 Å². The first-order chi connectivity index (χ1) is 7.41. The lowest BCUT2D eigenvalue weighted by Gasteiger charge is -2.12. The van der Waals surface area contributed by atoms with Gasteiger partial charge in [-0.1, -0.05) is 0 Å². The Bertz CT molecular complexity index is 458. The monoisotopic (exact) mass is 229 g/mol. The van der Waals surface area contributed by atoms with Crippen LogP contribution in [0.3, 0.4) is 0 Å². The average Bonchev–Trinajstić information content (AvgIpc) is 2.89. The van der Waals surface area contributed by atoms with Gasteiger partial charge in [-0.05, 0) is 19.8 Å². The number of hydrogen-bond donors (Lipinski definition) is 0. The molecule has 1 aliphatic rings. The van der Waals surface area contributed by atoms with E-state index in [0.29, 0.717) is 6.07 Å². The van der Waals surface area contributed by atoms with Gasteiger partial charge < -0.3 is 4.74 Å². The van der Waals surface area contributed by atoms with Gasteiger partial charge in [0.15, 0.2) is 11.6 Å². The molecule has 0 aromatic heterocycles. The lowest BCUT2D eigenvalue weighted by molar-refractivity contribution is -0.386. The summed E-state index contributed by atoms with van der Waals surface area (Å²) in [7, 11) is 0. The summed E-state index contributed by atoms with van der Waals surface area (Å²) in [5.41, 5.74) is -1.03. The minimum Gasteiger partial charge on any atom is -0.480 e. The van der Waals surface area contributed by atoms with Crippen molar-refractivity contribution >= 4 is 5.69 Å². The first-order valence-corrected chi connectivity index (χ1v) is 4.74. The van der Waals surface area contributed by atoms with Crippen LogP contribution in [0, 0.1) is 21.7 Å². The van der Waals surface area contributed by atoms with E-state index >= 15 is 0 Å². The Kier molecular flexibility index (Phi) is 2.29. The SMILES string of the molecule is CC1(Oc2cc(F)c(F)cc2[N+](=O)[O-])CC1. The molecule has 0 aliphatic heterocycles. The Morgan fingerprint density at radius 3 is 2.44 bits per heavy atom. The molecule has 86 valence electrons. The van der Waals surface area contributed by atoms with Gasteiger partial charge in [0.2, 0.25) is 5.75 Å². The van der Waals surface area contributed by atoms with Gasteiger partial charge in [0.1, 0.15) is 5.60 Å². The molecule has 0 unspecified atom stereocenters. The predicted octanol–water partition coefficient (Wildman–Crippen LogP) is 2.80. The maximum absolute atomic E-state index is 12.9. The standard InChI is InChI=1S/C10H9F2NO3/c1-10(2-3-10)16-9-5-7(12)6(11)4-8(9)13(14)15/h4-5H,2-3H2,1H3. The van der Waals surface area contributed by atoms with Gasteiger partial charge in [0.25, 0.3) is 0 Å². The summed E-state index contributed by atoms with van der Waals surface area (Å²) in [5, 5.41) is 10.6. The summed E-state index contributed by atoms with van der Waals surface area (Å²) in [4.78, 5) is 9.84. The van der Waals surface area contributed by atoms with Crippen LogP contribution in [-0.2, 0) is 0 Å². The number of hydrogen-bond acceptors (Lipinski definition) is 3. The summed E-state index contributed by atoms with van der Waals surface area (Å²) in [5.74, 6) is -2.62. The van der Waals surface area contributed by atoms with Crippen molar-refractivity contribution in [2.24, 2.45) is 0 Å². The third-order valence-electron chi connectivity index (χ3n) is 2.51. The van der Waals surface area contributed by atoms with E-state index in [2.05, 4.69) is 0 Å². The highest BCUT2D eigenvalue weighted by Gasteiger charge is 2.41. The number of nitrogens with zero attached hydrogens (tertiary/aromatic N) is 1. The van der Waals surface area contributed by atoms with Gasteiger partial charge in [0.05, 0.1) is 11.0 Å². The molecule has 4 nitrogen and oxygen atoms in total. The molecule has 1 aliphatic carbocycles. The van der Waals surface area contributed by atoms with Gasteiger partial charge in [-0.2, -0.15) is 0 Å². The van der Waals surface area contributed by atoms with Crippen LogP contribution in [0.5, 0.6) is 5.75 Å². The molecular formula is C10H9F2NO3. The first-order valence-electron chi connectivity index (χ1n) is 4.74. The van der Waals surface area contributed by atoms with E-state index in [-0.39, 0.29) is 5.75 Å². The molecule has 16 heavy (non-hydrogen) atoms. The van der Waals surface area contributed by atoms with Crippen molar-refractivity contribution in [3.63, 3.8) is 0 Å². The van der Waals surface area contributed by atoms with E-state index in [1.165, 1.54) is 0 Å². The van der Waals surface area contributed by atoms with E-state index in [4.69, 9.17) is 4.74 Å². The fraction of sp³-hybridized carbons (Fsp3) is 0.400. The van der Waals surface area contributed by atoms with Crippen molar-refractivity contribution in [3.8, 4) is 5.75 Å². The van der Waals surface area contributed by atoms with Crippen molar-refractivity contribution in [3.05, 3.63) is 33.9 Å². The van der Waals surface area contributed by atoms with Crippen molar-refractivity contribution in [1.82, 2.24) is 0 Å². The highest BCUT2D eigenvalue weighted by atomic mass is 19.2. The molecule has 0 N–H and O–H groups in total. The van der Waals surface area contributed by atoms with Gasteiger partial charge in [-0.15, -0.1) is 0 Å². The maximum Gasteiger partial charge on any atom is 0.314 e. The molecule has 0 heterocycles. The zero-order chi connectivity index (χ0) is 11.9. The van der Waals surface area contributed by atoms with Crippen molar-refractivity contribution in [2.75, 3.05) is 0 Å². The number of nitro groups is 1. The summed E-state index contributed by atoms with van der Waals surface area (Å²) >= 11 is 0. The van der Waals surface area contributed by atoms with Crippen LogP contribution in [0.25, 0.3) is 0 Å². The van der Waals surface area contributed by atoms with Crippen LogP contribution < -0.4 is 4.74 Å². The van der Waals surface area contributed by atoms with Crippen molar-refractivity contribution < 1.29 is 18.4 Å². The molecular weight excluding hydrogens is 220 g/mol. The molecule has 1 aromatic carbocycles. The fourth-order valence-electron chi connectivity index (χ4n) is 1.29. The van der Waals surface area contributed by atoms with E-state index in [0.717, 1.165) is 18.9 Å². The molecule has 0 amide bonds. The molecule has 1 saturated carbocycles. The third kappa shape index (κ3) is 1.95. The van der Waals surface area contributed by atoms with Gasteiger partial charge in [-0.3, -0.25) is 10.1 Å². The first kappa shape index (κ1) is 10.8. The Balaban J connectivity index is 2.41. The summed E-state index contributed by atoms with van der Waals surface area (Å²) in [6, 6.07) is 1.26. The highest BCUT2D eigenvalue weighted by Crippen LogP contribution is 2.42. The second kappa shape index (κ2) is 3.40. The minimum absolute atomic E-state index is 0.219. The van der Waals surface area contributed by atoms with Crippen LogP contribution >= 0.6 is 0 Å². The fourth-order valence-corrected chi connectivity index (χ4v) is 1.29. The number of rotatable bonds is 3. The van der Waals surface area contributed by atoms with E-state index in [1.807, 2.05) is 0 Å². The molecule has 0 bridgehead atoms. The van der Waals surface area contributed by atoms with E-state index in [1.54, 1.807) is 6.92 Å². The summed E-state index contributed by atoms with van der Waals surface area (Å²) in [6.07, 6.45) is 1.51. The summed E-state index contributed by atoms with van der Waals surface area (Å²) in [6.45, 7) is 1.76. The maximum atomic E-state index is 12.9. The van der Waals surface area contributed by atoms with Crippen LogP contribution in [0.4, 0.5) is 14.5 Å². The predicted molar refractivity (Wildman–Crippen MR) is 51.3 cm³/mol.